The molecule has 2 aliphatic rings. The van der Waals surface area contributed by atoms with Gasteiger partial charge in [0, 0.05) is 20.2 Å². The monoisotopic (exact) mass is 425 g/mol. The molecule has 0 unspecified atom stereocenters. The van der Waals surface area contributed by atoms with E-state index in [2.05, 4.69) is 0 Å². The molecule has 7 nitrogen and oxygen atoms in total. The Balaban J connectivity index is 1.53. The number of hydrogen-bond acceptors (Lipinski definition) is 6. The Labute approximate surface area is 181 Å². The molecule has 0 spiro atoms. The maximum absolute atomic E-state index is 13.5. The van der Waals surface area contributed by atoms with Crippen molar-refractivity contribution in [1.82, 2.24) is 4.90 Å². The topological polar surface area (TPSA) is 74.3 Å². The molecule has 0 bridgehead atoms. The molecular weight excluding hydrogens is 398 g/mol. The molecule has 31 heavy (non-hydrogen) atoms. The molecule has 3 atom stereocenters. The second kappa shape index (κ2) is 9.39. The van der Waals surface area contributed by atoms with E-state index >= 15 is 0 Å². The molecule has 7 heteroatoms. The minimum atomic E-state index is -0.713. The van der Waals surface area contributed by atoms with E-state index in [9.17, 15) is 9.59 Å². The van der Waals surface area contributed by atoms with Gasteiger partial charge in [-0.3, -0.25) is 9.59 Å². The van der Waals surface area contributed by atoms with Gasteiger partial charge in [-0.2, -0.15) is 0 Å². The lowest BCUT2D eigenvalue weighted by Gasteiger charge is -2.27. The smallest absolute Gasteiger partial charge is 0.309 e. The van der Waals surface area contributed by atoms with E-state index in [-0.39, 0.29) is 30.5 Å². The van der Waals surface area contributed by atoms with Crippen LogP contribution in [0, 0.1) is 11.8 Å². The van der Waals surface area contributed by atoms with Crippen molar-refractivity contribution in [3.63, 3.8) is 0 Å². The Bertz CT molecular complexity index is 931. The van der Waals surface area contributed by atoms with Crippen LogP contribution in [0.1, 0.15) is 30.6 Å². The number of ether oxygens (including phenoxy) is 4. The van der Waals surface area contributed by atoms with E-state index in [1.165, 1.54) is 7.11 Å². The van der Waals surface area contributed by atoms with Crippen molar-refractivity contribution in [2.24, 2.45) is 11.8 Å². The second-order valence-electron chi connectivity index (χ2n) is 7.79. The Morgan fingerprint density at radius 2 is 1.90 bits per heavy atom. The molecule has 1 amide bonds. The van der Waals surface area contributed by atoms with Crippen molar-refractivity contribution in [2.75, 3.05) is 27.1 Å². The van der Waals surface area contributed by atoms with Crippen LogP contribution < -0.4 is 9.47 Å². The lowest BCUT2D eigenvalue weighted by molar-refractivity contribution is -0.147. The first kappa shape index (κ1) is 21.2. The van der Waals surface area contributed by atoms with Crippen molar-refractivity contribution >= 4 is 11.9 Å². The van der Waals surface area contributed by atoms with Gasteiger partial charge in [0.25, 0.3) is 5.91 Å². The Morgan fingerprint density at radius 3 is 2.65 bits per heavy atom. The van der Waals surface area contributed by atoms with Gasteiger partial charge >= 0.3 is 5.97 Å². The molecule has 1 saturated carbocycles. The van der Waals surface area contributed by atoms with E-state index in [0.29, 0.717) is 31.2 Å². The summed E-state index contributed by atoms with van der Waals surface area (Å²) in [6.07, 6.45) is 0.0159. The van der Waals surface area contributed by atoms with Gasteiger partial charge in [0.15, 0.2) is 17.6 Å². The lowest BCUT2D eigenvalue weighted by Crippen LogP contribution is -2.37. The van der Waals surface area contributed by atoms with Crippen LogP contribution in [0.25, 0.3) is 0 Å². The van der Waals surface area contributed by atoms with Gasteiger partial charge in [-0.15, -0.1) is 0 Å². The van der Waals surface area contributed by atoms with Gasteiger partial charge in [0.2, 0.25) is 6.79 Å². The van der Waals surface area contributed by atoms with E-state index in [1.807, 2.05) is 48.5 Å². The number of benzene rings is 2. The Hall–Kier alpha value is -3.06. The van der Waals surface area contributed by atoms with Crippen LogP contribution in [0.15, 0.2) is 48.5 Å². The van der Waals surface area contributed by atoms with Gasteiger partial charge < -0.3 is 23.8 Å². The molecule has 0 aromatic heterocycles. The Morgan fingerprint density at radius 1 is 1.13 bits per heavy atom. The normalized spacial score (nSPS) is 19.5. The SMILES string of the molecule is CCOC(=O)[C@@H]1C[C@H]1CN(Cc1ccc2c(c1)OCO2)C(=O)[C@H](OC)c1ccccc1. The highest BCUT2D eigenvalue weighted by atomic mass is 16.7. The van der Waals surface area contributed by atoms with E-state index in [0.717, 1.165) is 17.5 Å². The molecule has 4 rings (SSSR count). The molecule has 1 aliphatic carbocycles. The number of rotatable bonds is 9. The first-order valence-electron chi connectivity index (χ1n) is 10.5. The summed E-state index contributed by atoms with van der Waals surface area (Å²) in [6, 6.07) is 15.1. The average molecular weight is 425 g/mol. The third-order valence-corrected chi connectivity index (χ3v) is 5.65. The lowest BCUT2D eigenvalue weighted by atomic mass is 10.1. The number of nitrogens with zero attached hydrogens (tertiary/aromatic N) is 1. The summed E-state index contributed by atoms with van der Waals surface area (Å²) in [7, 11) is 1.53. The Kier molecular flexibility index (Phi) is 6.42. The molecule has 1 heterocycles. The summed E-state index contributed by atoms with van der Waals surface area (Å²) in [5, 5.41) is 0. The zero-order valence-electron chi connectivity index (χ0n) is 17.8. The largest absolute Gasteiger partial charge is 0.466 e. The summed E-state index contributed by atoms with van der Waals surface area (Å²) in [4.78, 5) is 27.4. The first-order valence-corrected chi connectivity index (χ1v) is 10.5. The van der Waals surface area contributed by atoms with Gasteiger partial charge in [0.1, 0.15) is 0 Å². The highest BCUT2D eigenvalue weighted by Gasteiger charge is 2.46. The highest BCUT2D eigenvalue weighted by molar-refractivity contribution is 5.83. The molecule has 0 radical (unpaired) electrons. The van der Waals surface area contributed by atoms with Crippen LogP contribution >= 0.6 is 0 Å². The van der Waals surface area contributed by atoms with Crippen LogP contribution in [0.2, 0.25) is 0 Å². The number of fused-ring (bicyclic) bond motifs is 1. The van der Waals surface area contributed by atoms with Crippen molar-refractivity contribution in [3.05, 3.63) is 59.7 Å². The maximum Gasteiger partial charge on any atom is 0.309 e. The molecule has 164 valence electrons. The number of methoxy groups -OCH3 is 1. The molecule has 1 aliphatic heterocycles. The second-order valence-corrected chi connectivity index (χ2v) is 7.79. The van der Waals surface area contributed by atoms with E-state index < -0.39 is 6.10 Å². The van der Waals surface area contributed by atoms with Gasteiger partial charge in [-0.05, 0) is 42.5 Å². The summed E-state index contributed by atoms with van der Waals surface area (Å²) in [6.45, 7) is 3.21. The fraction of sp³-hybridized carbons (Fsp3) is 0.417. The summed E-state index contributed by atoms with van der Waals surface area (Å²) in [5.74, 6) is 0.988. The first-order chi connectivity index (χ1) is 15.1. The summed E-state index contributed by atoms with van der Waals surface area (Å²) >= 11 is 0. The molecular formula is C24H27NO6. The number of carbonyl (C=O) groups excluding carboxylic acids is 2. The molecule has 0 saturated heterocycles. The standard InChI is InChI=1S/C24H27NO6/c1-3-29-24(27)19-12-18(19)14-25(13-16-9-10-20-21(11-16)31-15-30-20)23(26)22(28-2)17-7-5-4-6-8-17/h4-11,18-19,22H,3,12-15H2,1-2H3/t18-,19+,22+/m0/s1. The quantitative estimate of drug-likeness (QED) is 0.574. The zero-order chi connectivity index (χ0) is 21.8. The molecule has 2 aromatic carbocycles. The van der Waals surface area contributed by atoms with Crippen molar-refractivity contribution in [2.45, 2.75) is 26.0 Å². The fourth-order valence-electron chi connectivity index (χ4n) is 3.94. The maximum atomic E-state index is 13.5. The third kappa shape index (κ3) is 4.82. The average Bonchev–Trinajstić information content (AvgIpc) is 3.40. The van der Waals surface area contributed by atoms with Crippen LogP contribution in [-0.2, 0) is 25.6 Å². The number of hydrogen-bond donors (Lipinski definition) is 0. The number of amides is 1. The fourth-order valence-corrected chi connectivity index (χ4v) is 3.94. The van der Waals surface area contributed by atoms with E-state index in [4.69, 9.17) is 18.9 Å². The highest BCUT2D eigenvalue weighted by Crippen LogP contribution is 2.41. The van der Waals surface area contributed by atoms with E-state index in [1.54, 1.807) is 11.8 Å². The predicted molar refractivity (Wildman–Crippen MR) is 112 cm³/mol. The molecule has 2 aromatic rings. The summed E-state index contributed by atoms with van der Waals surface area (Å²) < 4.78 is 21.6. The minimum absolute atomic E-state index is 0.0882. The third-order valence-electron chi connectivity index (χ3n) is 5.65. The van der Waals surface area contributed by atoms with Crippen LogP contribution in [-0.4, -0.2) is 43.8 Å². The predicted octanol–water partition coefficient (Wildman–Crippen LogP) is 3.33. The minimum Gasteiger partial charge on any atom is -0.466 e. The molecule has 1 fully saturated rings. The summed E-state index contributed by atoms with van der Waals surface area (Å²) in [5.41, 5.74) is 1.72. The van der Waals surface area contributed by atoms with Gasteiger partial charge in [-0.25, -0.2) is 0 Å². The van der Waals surface area contributed by atoms with Crippen LogP contribution in [0.5, 0.6) is 11.5 Å². The number of carbonyl (C=O) groups is 2. The zero-order valence-corrected chi connectivity index (χ0v) is 17.8. The van der Waals surface area contributed by atoms with Gasteiger partial charge in [0.05, 0.1) is 12.5 Å². The van der Waals surface area contributed by atoms with Crippen molar-refractivity contribution in [3.8, 4) is 11.5 Å². The van der Waals surface area contributed by atoms with Crippen molar-refractivity contribution in [1.29, 1.82) is 0 Å². The number of esters is 1. The van der Waals surface area contributed by atoms with Crippen LogP contribution in [0.4, 0.5) is 0 Å². The van der Waals surface area contributed by atoms with Gasteiger partial charge in [-0.1, -0.05) is 36.4 Å². The van der Waals surface area contributed by atoms with Crippen molar-refractivity contribution < 1.29 is 28.5 Å². The van der Waals surface area contributed by atoms with Crippen LogP contribution in [0.3, 0.4) is 0 Å². The molecule has 0 N–H and O–H groups in total.